The highest BCUT2D eigenvalue weighted by Crippen LogP contribution is 2.35. The van der Waals surface area contributed by atoms with Crippen LogP contribution in [-0.2, 0) is 4.74 Å². The maximum Gasteiger partial charge on any atom is 0.318 e. The van der Waals surface area contributed by atoms with E-state index in [-0.39, 0.29) is 17.7 Å². The molecule has 122 valence electrons. The maximum atomic E-state index is 12.6. The molecule has 3 rings (SSSR count). The second-order valence-electron chi connectivity index (χ2n) is 6.24. The summed E-state index contributed by atoms with van der Waals surface area (Å²) in [6, 6.07) is -0.281. The van der Waals surface area contributed by atoms with Crippen LogP contribution in [0.3, 0.4) is 0 Å². The fourth-order valence-corrected chi connectivity index (χ4v) is 3.39. The van der Waals surface area contributed by atoms with Gasteiger partial charge in [-0.2, -0.15) is 4.98 Å². The summed E-state index contributed by atoms with van der Waals surface area (Å²) in [5, 5.41) is 6.93. The first-order valence-corrected chi connectivity index (χ1v) is 8.11. The molecule has 0 radical (unpaired) electrons. The Labute approximate surface area is 130 Å². The van der Waals surface area contributed by atoms with Crippen LogP contribution in [0.1, 0.15) is 56.8 Å². The standard InChI is InChI=1S/C15H24N4O3/c1-3-12(13-16-11(2)22-18-13)17-14(20)19-8-9-21-15(10-19)6-4-5-7-15/h12H,3-10H2,1-2H3,(H,17,20)/t12-/m0/s1. The molecule has 1 aliphatic carbocycles. The Bertz CT molecular complexity index is 525. The average Bonchev–Trinajstić information content (AvgIpc) is 3.14. The molecule has 1 aromatic rings. The Morgan fingerprint density at radius 3 is 2.86 bits per heavy atom. The fraction of sp³-hybridized carbons (Fsp3) is 0.800. The molecule has 22 heavy (non-hydrogen) atoms. The van der Waals surface area contributed by atoms with Crippen molar-refractivity contribution in [2.45, 2.75) is 57.6 Å². The van der Waals surface area contributed by atoms with Gasteiger partial charge >= 0.3 is 6.03 Å². The number of aryl methyl sites for hydroxylation is 1. The number of amides is 2. The number of nitrogens with zero attached hydrogens (tertiary/aromatic N) is 3. The number of ether oxygens (including phenoxy) is 1. The van der Waals surface area contributed by atoms with E-state index in [1.165, 1.54) is 12.8 Å². The van der Waals surface area contributed by atoms with Crippen molar-refractivity contribution in [3.05, 3.63) is 11.7 Å². The van der Waals surface area contributed by atoms with E-state index in [0.29, 0.717) is 31.4 Å². The van der Waals surface area contributed by atoms with E-state index in [9.17, 15) is 4.79 Å². The molecule has 7 nitrogen and oxygen atoms in total. The molecule has 1 N–H and O–H groups in total. The highest BCUT2D eigenvalue weighted by molar-refractivity contribution is 5.74. The van der Waals surface area contributed by atoms with Crippen molar-refractivity contribution >= 4 is 6.03 Å². The zero-order valence-electron chi connectivity index (χ0n) is 13.3. The van der Waals surface area contributed by atoms with Crippen LogP contribution in [0.25, 0.3) is 0 Å². The van der Waals surface area contributed by atoms with Crippen LogP contribution in [0.2, 0.25) is 0 Å². The average molecular weight is 308 g/mol. The highest BCUT2D eigenvalue weighted by Gasteiger charge is 2.40. The molecule has 2 fully saturated rings. The molecular weight excluding hydrogens is 284 g/mol. The molecule has 1 spiro atoms. The van der Waals surface area contributed by atoms with Crippen LogP contribution in [0.5, 0.6) is 0 Å². The predicted octanol–water partition coefficient (Wildman–Crippen LogP) is 2.18. The number of rotatable bonds is 3. The number of morpholine rings is 1. The third-order valence-corrected chi connectivity index (χ3v) is 4.61. The molecule has 2 aliphatic rings. The molecule has 1 aromatic heterocycles. The number of urea groups is 1. The summed E-state index contributed by atoms with van der Waals surface area (Å²) in [7, 11) is 0. The Morgan fingerprint density at radius 2 is 2.23 bits per heavy atom. The van der Waals surface area contributed by atoms with Crippen molar-refractivity contribution in [3.63, 3.8) is 0 Å². The number of carbonyl (C=O) groups is 1. The van der Waals surface area contributed by atoms with E-state index in [1.54, 1.807) is 6.92 Å². The van der Waals surface area contributed by atoms with Gasteiger partial charge in [0.1, 0.15) is 0 Å². The first kappa shape index (κ1) is 15.3. The lowest BCUT2D eigenvalue weighted by molar-refractivity contribution is -0.0927. The summed E-state index contributed by atoms with van der Waals surface area (Å²) < 4.78 is 11.0. The van der Waals surface area contributed by atoms with Crippen LogP contribution in [-0.4, -0.2) is 46.4 Å². The quantitative estimate of drug-likeness (QED) is 0.925. The molecular formula is C15H24N4O3. The van der Waals surface area contributed by atoms with Crippen LogP contribution < -0.4 is 5.32 Å². The van der Waals surface area contributed by atoms with Gasteiger partial charge in [-0.1, -0.05) is 24.9 Å². The largest absolute Gasteiger partial charge is 0.371 e. The molecule has 2 amide bonds. The van der Waals surface area contributed by atoms with Gasteiger partial charge in [-0.15, -0.1) is 0 Å². The smallest absolute Gasteiger partial charge is 0.318 e. The topological polar surface area (TPSA) is 80.5 Å². The zero-order chi connectivity index (χ0) is 15.6. The first-order chi connectivity index (χ1) is 10.6. The van der Waals surface area contributed by atoms with Crippen LogP contribution in [0, 0.1) is 6.92 Å². The summed E-state index contributed by atoms with van der Waals surface area (Å²) in [5.41, 5.74) is -0.111. The van der Waals surface area contributed by atoms with Gasteiger partial charge < -0.3 is 19.5 Å². The maximum absolute atomic E-state index is 12.6. The Morgan fingerprint density at radius 1 is 1.45 bits per heavy atom. The van der Waals surface area contributed by atoms with Gasteiger partial charge in [-0.3, -0.25) is 0 Å². The summed E-state index contributed by atoms with van der Waals surface area (Å²) >= 11 is 0. The lowest BCUT2D eigenvalue weighted by atomic mass is 10.00. The Balaban J connectivity index is 1.63. The molecule has 0 unspecified atom stereocenters. The van der Waals surface area contributed by atoms with Crippen molar-refractivity contribution in [1.29, 1.82) is 0 Å². The molecule has 7 heteroatoms. The van der Waals surface area contributed by atoms with Crippen molar-refractivity contribution in [3.8, 4) is 0 Å². The lowest BCUT2D eigenvalue weighted by Crippen LogP contribution is -2.55. The van der Waals surface area contributed by atoms with Gasteiger partial charge in [0.05, 0.1) is 24.8 Å². The third-order valence-electron chi connectivity index (χ3n) is 4.61. The molecule has 2 heterocycles. The van der Waals surface area contributed by atoms with Crippen molar-refractivity contribution < 1.29 is 14.1 Å². The lowest BCUT2D eigenvalue weighted by Gasteiger charge is -2.40. The fourth-order valence-electron chi connectivity index (χ4n) is 3.39. The number of carbonyl (C=O) groups excluding carboxylic acids is 1. The summed E-state index contributed by atoms with van der Waals surface area (Å²) in [4.78, 5) is 18.6. The summed E-state index contributed by atoms with van der Waals surface area (Å²) in [5.74, 6) is 1.05. The summed E-state index contributed by atoms with van der Waals surface area (Å²) in [6.45, 7) is 5.67. The number of aromatic nitrogens is 2. The van der Waals surface area contributed by atoms with Crippen molar-refractivity contribution in [2.24, 2.45) is 0 Å². The summed E-state index contributed by atoms with van der Waals surface area (Å²) in [6.07, 6.45) is 5.21. The van der Waals surface area contributed by atoms with Gasteiger partial charge in [0.2, 0.25) is 5.89 Å². The van der Waals surface area contributed by atoms with Gasteiger partial charge in [0, 0.05) is 13.5 Å². The molecule has 1 saturated carbocycles. The molecule has 1 atom stereocenters. The normalized spacial score (nSPS) is 22.0. The van der Waals surface area contributed by atoms with Crippen molar-refractivity contribution in [1.82, 2.24) is 20.4 Å². The van der Waals surface area contributed by atoms with E-state index in [1.807, 2.05) is 11.8 Å². The molecule has 1 aliphatic heterocycles. The van der Waals surface area contributed by atoms with Crippen LogP contribution in [0.15, 0.2) is 4.52 Å². The van der Waals surface area contributed by atoms with E-state index in [0.717, 1.165) is 19.3 Å². The van der Waals surface area contributed by atoms with E-state index in [2.05, 4.69) is 15.5 Å². The van der Waals surface area contributed by atoms with Gasteiger partial charge in [-0.05, 0) is 19.3 Å². The van der Waals surface area contributed by atoms with E-state index >= 15 is 0 Å². The molecule has 0 bridgehead atoms. The van der Waals surface area contributed by atoms with Gasteiger partial charge in [0.15, 0.2) is 5.82 Å². The Kier molecular flexibility index (Phi) is 4.33. The monoisotopic (exact) mass is 308 g/mol. The molecule has 0 aromatic carbocycles. The molecule has 1 saturated heterocycles. The van der Waals surface area contributed by atoms with Crippen molar-refractivity contribution in [2.75, 3.05) is 19.7 Å². The number of nitrogens with one attached hydrogen (secondary N) is 1. The second-order valence-corrected chi connectivity index (χ2v) is 6.24. The second kappa shape index (κ2) is 6.24. The van der Waals surface area contributed by atoms with Crippen LogP contribution in [0.4, 0.5) is 4.79 Å². The highest BCUT2D eigenvalue weighted by atomic mass is 16.5. The zero-order valence-corrected chi connectivity index (χ0v) is 13.3. The van der Waals surface area contributed by atoms with E-state index in [4.69, 9.17) is 9.26 Å². The third kappa shape index (κ3) is 3.09. The minimum atomic E-state index is -0.215. The SMILES string of the molecule is CC[C@H](NC(=O)N1CCOC2(CCCC2)C1)c1noc(C)n1. The first-order valence-electron chi connectivity index (χ1n) is 8.11. The predicted molar refractivity (Wildman–Crippen MR) is 79.3 cm³/mol. The number of hydrogen-bond donors (Lipinski definition) is 1. The minimum Gasteiger partial charge on any atom is -0.371 e. The number of hydrogen-bond acceptors (Lipinski definition) is 5. The minimum absolute atomic E-state index is 0.0659. The Hall–Kier alpha value is -1.63. The van der Waals surface area contributed by atoms with Gasteiger partial charge in [-0.25, -0.2) is 4.79 Å². The van der Waals surface area contributed by atoms with E-state index < -0.39 is 0 Å². The van der Waals surface area contributed by atoms with Gasteiger partial charge in [0.25, 0.3) is 0 Å². The van der Waals surface area contributed by atoms with Crippen LogP contribution >= 0.6 is 0 Å².